The van der Waals surface area contributed by atoms with E-state index in [4.69, 9.17) is 0 Å². The summed E-state index contributed by atoms with van der Waals surface area (Å²) in [6.07, 6.45) is 3.22. The molecule has 2 nitrogen and oxygen atoms in total. The van der Waals surface area contributed by atoms with Gasteiger partial charge in [0.1, 0.15) is 0 Å². The van der Waals surface area contributed by atoms with E-state index in [1.165, 1.54) is 5.56 Å². The minimum Gasteiger partial charge on any atom is -0.478 e. The molecule has 3 rings (SSSR count). The summed E-state index contributed by atoms with van der Waals surface area (Å²) in [5, 5.41) is 13.5. The molecule has 0 saturated carbocycles. The molecule has 0 saturated heterocycles. The van der Waals surface area contributed by atoms with Gasteiger partial charge in [0.15, 0.2) is 0 Å². The van der Waals surface area contributed by atoms with Crippen molar-refractivity contribution in [3.05, 3.63) is 59.7 Å². The average molecular weight is 278 g/mol. The second-order valence-corrected chi connectivity index (χ2v) is 5.35. The number of carboxylic acids is 1. The minimum absolute atomic E-state index is 0.418. The summed E-state index contributed by atoms with van der Waals surface area (Å²) < 4.78 is 0. The van der Waals surface area contributed by atoms with Crippen molar-refractivity contribution in [2.45, 2.75) is 26.2 Å². The largest absolute Gasteiger partial charge is 0.478 e. The van der Waals surface area contributed by atoms with Crippen molar-refractivity contribution in [1.82, 2.24) is 0 Å². The summed E-state index contributed by atoms with van der Waals surface area (Å²) in [4.78, 5) is 11.8. The SMILES string of the molecule is CCCCc1c2ccccc2c(C(=O)O)c2ccccc12. The van der Waals surface area contributed by atoms with Crippen LogP contribution in [0.5, 0.6) is 0 Å². The van der Waals surface area contributed by atoms with Crippen LogP contribution in [0.2, 0.25) is 0 Å². The van der Waals surface area contributed by atoms with E-state index in [1.54, 1.807) is 0 Å². The van der Waals surface area contributed by atoms with Crippen LogP contribution in [-0.4, -0.2) is 11.1 Å². The molecule has 1 N–H and O–H groups in total. The smallest absolute Gasteiger partial charge is 0.336 e. The third-order valence-electron chi connectivity index (χ3n) is 4.04. The van der Waals surface area contributed by atoms with E-state index >= 15 is 0 Å². The lowest BCUT2D eigenvalue weighted by atomic mass is 9.89. The number of aromatic carboxylic acids is 1. The van der Waals surface area contributed by atoms with Gasteiger partial charge < -0.3 is 5.11 Å². The van der Waals surface area contributed by atoms with Gasteiger partial charge in [-0.25, -0.2) is 4.79 Å². The lowest BCUT2D eigenvalue weighted by Crippen LogP contribution is -2.02. The van der Waals surface area contributed by atoms with Crippen molar-refractivity contribution in [2.24, 2.45) is 0 Å². The number of carboxylic acid groups (broad SMARTS) is 1. The van der Waals surface area contributed by atoms with Crippen LogP contribution in [0.15, 0.2) is 48.5 Å². The highest BCUT2D eigenvalue weighted by Gasteiger charge is 2.17. The van der Waals surface area contributed by atoms with E-state index in [0.29, 0.717) is 5.56 Å². The highest BCUT2D eigenvalue weighted by molar-refractivity contribution is 6.17. The van der Waals surface area contributed by atoms with E-state index in [-0.39, 0.29) is 0 Å². The number of benzene rings is 3. The van der Waals surface area contributed by atoms with Crippen molar-refractivity contribution in [3.63, 3.8) is 0 Å². The topological polar surface area (TPSA) is 37.3 Å². The highest BCUT2D eigenvalue weighted by Crippen LogP contribution is 2.33. The molecule has 0 atom stereocenters. The van der Waals surface area contributed by atoms with E-state index in [9.17, 15) is 9.90 Å². The van der Waals surface area contributed by atoms with Crippen LogP contribution in [0.3, 0.4) is 0 Å². The number of aryl methyl sites for hydroxylation is 1. The van der Waals surface area contributed by atoms with E-state index < -0.39 is 5.97 Å². The monoisotopic (exact) mass is 278 g/mol. The maximum atomic E-state index is 11.8. The Morgan fingerprint density at radius 2 is 1.38 bits per heavy atom. The third kappa shape index (κ3) is 2.27. The summed E-state index contributed by atoms with van der Waals surface area (Å²) in [5.74, 6) is -0.857. The molecule has 0 aliphatic carbocycles. The van der Waals surface area contributed by atoms with Gasteiger partial charge >= 0.3 is 5.97 Å². The molecule has 0 unspecified atom stereocenters. The molecule has 0 fully saturated rings. The summed E-state index contributed by atoms with van der Waals surface area (Å²) >= 11 is 0. The zero-order valence-corrected chi connectivity index (χ0v) is 12.1. The average Bonchev–Trinajstić information content (AvgIpc) is 2.51. The molecule has 106 valence electrons. The number of carbonyl (C=O) groups is 1. The lowest BCUT2D eigenvalue weighted by Gasteiger charge is -2.14. The Morgan fingerprint density at radius 3 is 1.81 bits per heavy atom. The molecular weight excluding hydrogens is 260 g/mol. The van der Waals surface area contributed by atoms with Gasteiger partial charge in [-0.15, -0.1) is 0 Å². The summed E-state index contributed by atoms with van der Waals surface area (Å²) in [5.41, 5.74) is 1.69. The maximum absolute atomic E-state index is 11.8. The second-order valence-electron chi connectivity index (χ2n) is 5.35. The summed E-state index contributed by atoms with van der Waals surface area (Å²) in [6, 6.07) is 15.7. The van der Waals surface area contributed by atoms with Crippen LogP contribution in [0, 0.1) is 0 Å². The van der Waals surface area contributed by atoms with Gasteiger partial charge in [-0.3, -0.25) is 0 Å². The van der Waals surface area contributed by atoms with Gasteiger partial charge in [-0.2, -0.15) is 0 Å². The molecule has 0 aliphatic heterocycles. The molecule has 0 bridgehead atoms. The Morgan fingerprint density at radius 1 is 0.905 bits per heavy atom. The van der Waals surface area contributed by atoms with Gasteiger partial charge in [0.05, 0.1) is 5.56 Å². The van der Waals surface area contributed by atoms with Crippen LogP contribution in [-0.2, 0) is 6.42 Å². The summed E-state index contributed by atoms with van der Waals surface area (Å²) in [7, 11) is 0. The highest BCUT2D eigenvalue weighted by atomic mass is 16.4. The van der Waals surface area contributed by atoms with Crippen LogP contribution < -0.4 is 0 Å². The molecule has 0 radical (unpaired) electrons. The fraction of sp³-hybridized carbons (Fsp3) is 0.211. The van der Waals surface area contributed by atoms with Crippen LogP contribution in [0.25, 0.3) is 21.5 Å². The first-order valence-electron chi connectivity index (χ1n) is 7.39. The third-order valence-corrected chi connectivity index (χ3v) is 4.04. The molecule has 3 aromatic rings. The zero-order chi connectivity index (χ0) is 14.8. The van der Waals surface area contributed by atoms with Gasteiger partial charge in [-0.1, -0.05) is 61.9 Å². The molecule has 0 heterocycles. The molecule has 3 aromatic carbocycles. The Labute approximate surface area is 124 Å². The van der Waals surface area contributed by atoms with Gasteiger partial charge in [0.25, 0.3) is 0 Å². The normalized spacial score (nSPS) is 11.1. The van der Waals surface area contributed by atoms with E-state index in [1.807, 2.05) is 48.5 Å². The van der Waals surface area contributed by atoms with Crippen molar-refractivity contribution in [3.8, 4) is 0 Å². The van der Waals surface area contributed by atoms with Crippen LogP contribution in [0.1, 0.15) is 35.7 Å². The van der Waals surface area contributed by atoms with Crippen molar-refractivity contribution in [1.29, 1.82) is 0 Å². The number of hydrogen-bond donors (Lipinski definition) is 1. The predicted molar refractivity (Wildman–Crippen MR) is 87.0 cm³/mol. The number of fused-ring (bicyclic) bond motifs is 2. The fourth-order valence-electron chi connectivity index (χ4n) is 3.07. The molecular formula is C19H18O2. The molecule has 21 heavy (non-hydrogen) atoms. The van der Waals surface area contributed by atoms with Crippen LogP contribution >= 0.6 is 0 Å². The standard InChI is InChI=1S/C19H18O2/c1-2-3-8-13-14-9-4-6-11-16(14)18(19(20)21)17-12-7-5-10-15(13)17/h4-7,9-12H,2-3,8H2,1H3,(H,20,21). The van der Waals surface area contributed by atoms with Gasteiger partial charge in [0.2, 0.25) is 0 Å². The lowest BCUT2D eigenvalue weighted by molar-refractivity contribution is 0.0701. The molecule has 2 heteroatoms. The van der Waals surface area contributed by atoms with E-state index in [0.717, 1.165) is 40.8 Å². The molecule has 0 spiro atoms. The number of unbranched alkanes of at least 4 members (excludes halogenated alkanes) is 1. The Bertz CT molecular complexity index is 761. The first kappa shape index (κ1) is 13.6. The van der Waals surface area contributed by atoms with Gasteiger partial charge in [-0.05, 0) is 39.9 Å². The van der Waals surface area contributed by atoms with Crippen molar-refractivity contribution >= 4 is 27.5 Å². The fourth-order valence-corrected chi connectivity index (χ4v) is 3.07. The summed E-state index contributed by atoms with van der Waals surface area (Å²) in [6.45, 7) is 2.18. The quantitative estimate of drug-likeness (QED) is 0.679. The first-order valence-corrected chi connectivity index (χ1v) is 7.39. The molecule has 0 aromatic heterocycles. The zero-order valence-electron chi connectivity index (χ0n) is 12.1. The maximum Gasteiger partial charge on any atom is 0.336 e. The van der Waals surface area contributed by atoms with Gasteiger partial charge in [0, 0.05) is 0 Å². The van der Waals surface area contributed by atoms with E-state index in [2.05, 4.69) is 6.92 Å². The number of hydrogen-bond acceptors (Lipinski definition) is 1. The molecule has 0 amide bonds. The Balaban J connectivity index is 2.47. The predicted octanol–water partition coefficient (Wildman–Crippen LogP) is 5.03. The Kier molecular flexibility index (Phi) is 3.61. The Hall–Kier alpha value is -2.35. The van der Waals surface area contributed by atoms with Crippen molar-refractivity contribution < 1.29 is 9.90 Å². The molecule has 0 aliphatic rings. The first-order chi connectivity index (χ1) is 10.2. The minimum atomic E-state index is -0.857. The number of rotatable bonds is 4. The van der Waals surface area contributed by atoms with Crippen molar-refractivity contribution in [2.75, 3.05) is 0 Å². The van der Waals surface area contributed by atoms with Crippen LogP contribution in [0.4, 0.5) is 0 Å². The second kappa shape index (κ2) is 5.57.